The normalized spacial score (nSPS) is 20.4. The summed E-state index contributed by atoms with van der Waals surface area (Å²) in [7, 11) is 1.50. The molecule has 2 saturated heterocycles. The summed E-state index contributed by atoms with van der Waals surface area (Å²) < 4.78 is 25.3. The molecule has 0 aromatic carbocycles. The molecule has 3 aromatic rings. The molecule has 8 nitrogen and oxygen atoms in total. The van der Waals surface area contributed by atoms with Crippen molar-refractivity contribution in [1.29, 1.82) is 0 Å². The number of methoxy groups -OCH3 is 1. The lowest BCUT2D eigenvalue weighted by molar-refractivity contribution is 0.0123. The van der Waals surface area contributed by atoms with Crippen LogP contribution >= 0.6 is 0 Å². The molecule has 174 valence electrons. The largest absolute Gasteiger partial charge is 0.481 e. The molecule has 1 N–H and O–H groups in total. The standard InChI is InChI=1S/C24H28FN5O3/c1-24(2,3)33-23(31)30-14-5-6-15(30)13-29(12-14)20-7-8-26-22-17(20)9-19(28-22)16-10-21(32-4)27-11-18(16)25/h7-11,14-15H,5-6,12-13H2,1-4H3,(H,26,28). The number of H-pyrrole nitrogens is 1. The first kappa shape index (κ1) is 21.5. The van der Waals surface area contributed by atoms with Gasteiger partial charge >= 0.3 is 6.09 Å². The molecule has 2 bridgehead atoms. The number of carbonyl (C=O) groups is 1. The number of piperazine rings is 1. The van der Waals surface area contributed by atoms with Gasteiger partial charge in [-0.15, -0.1) is 0 Å². The Morgan fingerprint density at radius 2 is 1.91 bits per heavy atom. The van der Waals surface area contributed by atoms with Crippen LogP contribution in [0.15, 0.2) is 30.6 Å². The number of anilines is 1. The van der Waals surface area contributed by atoms with Crippen molar-refractivity contribution in [3.05, 3.63) is 36.4 Å². The first-order valence-electron chi connectivity index (χ1n) is 11.2. The van der Waals surface area contributed by atoms with Crippen molar-refractivity contribution in [2.24, 2.45) is 0 Å². The molecule has 5 heterocycles. The number of rotatable bonds is 3. The van der Waals surface area contributed by atoms with E-state index in [1.54, 1.807) is 12.3 Å². The minimum absolute atomic E-state index is 0.0992. The number of hydrogen-bond donors (Lipinski definition) is 1. The van der Waals surface area contributed by atoms with Crippen LogP contribution in [0.5, 0.6) is 5.88 Å². The zero-order valence-electron chi connectivity index (χ0n) is 19.3. The lowest BCUT2D eigenvalue weighted by Gasteiger charge is -2.42. The second kappa shape index (κ2) is 7.90. The van der Waals surface area contributed by atoms with Crippen LogP contribution in [0.3, 0.4) is 0 Å². The van der Waals surface area contributed by atoms with Crippen LogP contribution < -0.4 is 9.64 Å². The van der Waals surface area contributed by atoms with Gasteiger partial charge in [-0.05, 0) is 45.7 Å². The summed E-state index contributed by atoms with van der Waals surface area (Å²) >= 11 is 0. The van der Waals surface area contributed by atoms with Gasteiger partial charge in [0.1, 0.15) is 11.2 Å². The number of nitrogens with zero attached hydrogens (tertiary/aromatic N) is 4. The summed E-state index contributed by atoms with van der Waals surface area (Å²) in [4.78, 5) is 28.6. The van der Waals surface area contributed by atoms with Gasteiger partial charge in [0, 0.05) is 42.0 Å². The van der Waals surface area contributed by atoms with Gasteiger partial charge in [-0.3, -0.25) is 4.90 Å². The first-order chi connectivity index (χ1) is 15.7. The number of amides is 1. The van der Waals surface area contributed by atoms with Crippen molar-refractivity contribution in [3.63, 3.8) is 0 Å². The van der Waals surface area contributed by atoms with E-state index in [2.05, 4.69) is 19.9 Å². The summed E-state index contributed by atoms with van der Waals surface area (Å²) in [5, 5.41) is 0.910. The minimum atomic E-state index is -0.517. The molecule has 2 unspecified atom stereocenters. The van der Waals surface area contributed by atoms with Gasteiger partial charge in [-0.25, -0.2) is 19.2 Å². The van der Waals surface area contributed by atoms with E-state index >= 15 is 0 Å². The van der Waals surface area contributed by atoms with E-state index in [9.17, 15) is 9.18 Å². The lowest BCUT2D eigenvalue weighted by Crippen LogP contribution is -2.56. The Kier molecular flexibility index (Phi) is 5.14. The molecule has 33 heavy (non-hydrogen) atoms. The molecular weight excluding hydrogens is 425 g/mol. The van der Waals surface area contributed by atoms with E-state index in [1.165, 1.54) is 7.11 Å². The van der Waals surface area contributed by atoms with Gasteiger partial charge in [-0.1, -0.05) is 0 Å². The molecule has 5 rings (SSSR count). The average molecular weight is 454 g/mol. The van der Waals surface area contributed by atoms with Gasteiger partial charge in [0.05, 0.1) is 31.1 Å². The molecule has 3 aromatic heterocycles. The third-order valence-electron chi connectivity index (χ3n) is 6.27. The summed E-state index contributed by atoms with van der Waals surface area (Å²) in [6.45, 7) is 7.10. The minimum Gasteiger partial charge on any atom is -0.481 e. The highest BCUT2D eigenvalue weighted by molar-refractivity contribution is 5.94. The van der Waals surface area contributed by atoms with E-state index in [0.717, 1.165) is 30.1 Å². The summed E-state index contributed by atoms with van der Waals surface area (Å²) in [6.07, 6.45) is 4.58. The fraction of sp³-hybridized carbons (Fsp3) is 0.458. The third-order valence-corrected chi connectivity index (χ3v) is 6.27. The zero-order chi connectivity index (χ0) is 23.3. The van der Waals surface area contributed by atoms with Crippen molar-refractivity contribution in [1.82, 2.24) is 19.9 Å². The zero-order valence-corrected chi connectivity index (χ0v) is 19.3. The van der Waals surface area contributed by atoms with Crippen molar-refractivity contribution in [2.75, 3.05) is 25.1 Å². The molecule has 0 spiro atoms. The second-order valence-corrected chi connectivity index (χ2v) is 9.66. The smallest absolute Gasteiger partial charge is 0.410 e. The number of ether oxygens (including phenoxy) is 2. The summed E-state index contributed by atoms with van der Waals surface area (Å²) in [5.41, 5.74) is 2.17. The van der Waals surface area contributed by atoms with E-state index in [4.69, 9.17) is 9.47 Å². The molecule has 2 atom stereocenters. The SMILES string of the molecule is COc1cc(-c2cc3c(N4CC5CCC(C4)N5C(=O)OC(C)(C)C)ccnc3[nH]2)c(F)cn1. The number of aromatic nitrogens is 3. The third kappa shape index (κ3) is 3.96. The topological polar surface area (TPSA) is 83.6 Å². The van der Waals surface area contributed by atoms with Crippen molar-refractivity contribution in [2.45, 2.75) is 51.3 Å². The molecular formula is C24H28FN5O3. The first-order valence-corrected chi connectivity index (χ1v) is 11.2. The molecule has 2 aliphatic rings. The van der Waals surface area contributed by atoms with E-state index in [-0.39, 0.29) is 18.2 Å². The highest BCUT2D eigenvalue weighted by atomic mass is 19.1. The lowest BCUT2D eigenvalue weighted by atomic mass is 10.1. The molecule has 9 heteroatoms. The molecule has 0 aliphatic carbocycles. The number of fused-ring (bicyclic) bond motifs is 3. The highest BCUT2D eigenvalue weighted by Gasteiger charge is 2.44. The van der Waals surface area contributed by atoms with Crippen LogP contribution in [0.25, 0.3) is 22.3 Å². The maximum absolute atomic E-state index is 14.5. The predicted octanol–water partition coefficient (Wildman–Crippen LogP) is 4.36. The van der Waals surface area contributed by atoms with Crippen LogP contribution in [-0.2, 0) is 4.74 Å². The fourth-order valence-corrected chi connectivity index (χ4v) is 4.88. The van der Waals surface area contributed by atoms with E-state index < -0.39 is 11.4 Å². The molecule has 2 aliphatic heterocycles. The highest BCUT2D eigenvalue weighted by Crippen LogP contribution is 2.37. The molecule has 0 saturated carbocycles. The van der Waals surface area contributed by atoms with Gasteiger partial charge < -0.3 is 19.4 Å². The number of pyridine rings is 2. The molecule has 2 fully saturated rings. The van der Waals surface area contributed by atoms with Gasteiger partial charge in [0.15, 0.2) is 5.82 Å². The van der Waals surface area contributed by atoms with E-state index in [1.807, 2.05) is 37.8 Å². The predicted molar refractivity (Wildman–Crippen MR) is 123 cm³/mol. The Hall–Kier alpha value is -3.36. The summed E-state index contributed by atoms with van der Waals surface area (Å²) in [6, 6.07) is 5.66. The Balaban J connectivity index is 1.44. The Morgan fingerprint density at radius 3 is 2.58 bits per heavy atom. The van der Waals surface area contributed by atoms with Gasteiger partial charge in [0.25, 0.3) is 0 Å². The van der Waals surface area contributed by atoms with Gasteiger partial charge in [0.2, 0.25) is 5.88 Å². The van der Waals surface area contributed by atoms with Crippen LogP contribution in [-0.4, -0.2) is 63.8 Å². The number of carbonyl (C=O) groups excluding carboxylic acids is 1. The Bertz CT molecular complexity index is 1190. The maximum atomic E-state index is 14.5. The quantitative estimate of drug-likeness (QED) is 0.634. The van der Waals surface area contributed by atoms with Crippen LogP contribution in [0, 0.1) is 5.82 Å². The van der Waals surface area contributed by atoms with Crippen molar-refractivity contribution >= 4 is 22.8 Å². The molecule has 1 amide bonds. The number of halogens is 1. The number of aromatic amines is 1. The van der Waals surface area contributed by atoms with Crippen molar-refractivity contribution in [3.8, 4) is 17.1 Å². The van der Waals surface area contributed by atoms with Crippen LogP contribution in [0.4, 0.5) is 14.9 Å². The monoisotopic (exact) mass is 453 g/mol. The van der Waals surface area contributed by atoms with Crippen LogP contribution in [0.1, 0.15) is 33.6 Å². The Labute approximate surface area is 191 Å². The Morgan fingerprint density at radius 1 is 1.18 bits per heavy atom. The average Bonchev–Trinajstić information content (AvgIpc) is 3.31. The van der Waals surface area contributed by atoms with Crippen LogP contribution in [0.2, 0.25) is 0 Å². The fourth-order valence-electron chi connectivity index (χ4n) is 4.88. The molecule has 0 radical (unpaired) electrons. The number of hydrogen-bond acceptors (Lipinski definition) is 6. The number of nitrogens with one attached hydrogen (secondary N) is 1. The summed E-state index contributed by atoms with van der Waals surface area (Å²) in [5.74, 6) is -0.0963. The van der Waals surface area contributed by atoms with E-state index in [0.29, 0.717) is 35.9 Å². The van der Waals surface area contributed by atoms with Gasteiger partial charge in [-0.2, -0.15) is 0 Å². The second-order valence-electron chi connectivity index (χ2n) is 9.66. The maximum Gasteiger partial charge on any atom is 0.410 e. The van der Waals surface area contributed by atoms with Crippen molar-refractivity contribution < 1.29 is 18.7 Å².